The minimum absolute atomic E-state index is 0.00633. The largest absolute Gasteiger partial charge is 0.312 e. The molecule has 1 aliphatic rings. The van der Waals surface area contributed by atoms with E-state index in [-0.39, 0.29) is 11.7 Å². The van der Waals surface area contributed by atoms with Crippen molar-refractivity contribution in [3.05, 3.63) is 29.6 Å². The van der Waals surface area contributed by atoms with E-state index in [0.717, 1.165) is 5.56 Å². The average molecular weight is 260 g/mol. The van der Waals surface area contributed by atoms with E-state index in [4.69, 9.17) is 5.26 Å². The maximum absolute atomic E-state index is 13.3. The van der Waals surface area contributed by atoms with E-state index in [9.17, 15) is 9.18 Å². The lowest BCUT2D eigenvalue weighted by Crippen LogP contribution is -2.37. The number of nitrogens with zero attached hydrogens (tertiary/aromatic N) is 2. The van der Waals surface area contributed by atoms with Crippen molar-refractivity contribution in [1.29, 1.82) is 5.26 Å². The van der Waals surface area contributed by atoms with Crippen LogP contribution in [0.4, 0.5) is 10.1 Å². The van der Waals surface area contributed by atoms with E-state index in [0.29, 0.717) is 31.5 Å². The predicted molar refractivity (Wildman–Crippen MR) is 71.1 cm³/mol. The quantitative estimate of drug-likeness (QED) is 0.838. The molecule has 1 aromatic carbocycles. The molecule has 1 aliphatic heterocycles. The van der Waals surface area contributed by atoms with Crippen LogP contribution in [-0.2, 0) is 11.2 Å². The van der Waals surface area contributed by atoms with Gasteiger partial charge in [0.15, 0.2) is 0 Å². The zero-order chi connectivity index (χ0) is 14.0. The molecule has 100 valence electrons. The molecule has 0 unspecified atom stereocenters. The Morgan fingerprint density at radius 2 is 2.16 bits per heavy atom. The Labute approximate surface area is 112 Å². The summed E-state index contributed by atoms with van der Waals surface area (Å²) in [5.41, 5.74) is 1.17. The maximum Gasteiger partial charge on any atom is 0.227 e. The van der Waals surface area contributed by atoms with Gasteiger partial charge in [0.1, 0.15) is 5.82 Å². The molecule has 1 heterocycles. The number of nitriles is 1. The number of rotatable bonds is 3. The van der Waals surface area contributed by atoms with Crippen LogP contribution in [0.25, 0.3) is 0 Å². The molecule has 0 fully saturated rings. The van der Waals surface area contributed by atoms with E-state index in [1.165, 1.54) is 12.1 Å². The van der Waals surface area contributed by atoms with Gasteiger partial charge in [-0.1, -0.05) is 6.07 Å². The van der Waals surface area contributed by atoms with Gasteiger partial charge in [-0.2, -0.15) is 5.26 Å². The number of aryl methyl sites for hydroxylation is 1. The van der Waals surface area contributed by atoms with Gasteiger partial charge in [0, 0.05) is 18.7 Å². The highest BCUT2D eigenvalue weighted by Crippen LogP contribution is 2.30. The van der Waals surface area contributed by atoms with Crippen LogP contribution in [0.2, 0.25) is 0 Å². The fourth-order valence-electron chi connectivity index (χ4n) is 2.20. The van der Waals surface area contributed by atoms with Crippen molar-refractivity contribution in [3.63, 3.8) is 0 Å². The molecule has 19 heavy (non-hydrogen) atoms. The van der Waals surface area contributed by atoms with Gasteiger partial charge in [-0.3, -0.25) is 4.79 Å². The first-order valence-electron chi connectivity index (χ1n) is 6.43. The molecule has 3 nitrogen and oxygen atoms in total. The van der Waals surface area contributed by atoms with Crippen molar-refractivity contribution < 1.29 is 9.18 Å². The second-order valence-electron chi connectivity index (χ2n) is 5.56. The summed E-state index contributed by atoms with van der Waals surface area (Å²) >= 11 is 0. The Balaban J connectivity index is 2.24. The SMILES string of the molecule is CC(C)(C#N)CCN1C(=O)CCc2ccc(F)cc21. The minimum Gasteiger partial charge on any atom is -0.312 e. The summed E-state index contributed by atoms with van der Waals surface area (Å²) in [5.74, 6) is -0.329. The molecule has 0 saturated carbocycles. The van der Waals surface area contributed by atoms with Crippen molar-refractivity contribution in [1.82, 2.24) is 0 Å². The normalized spacial score (nSPS) is 15.1. The minimum atomic E-state index is -0.481. The summed E-state index contributed by atoms with van der Waals surface area (Å²) in [7, 11) is 0. The lowest BCUT2D eigenvalue weighted by atomic mass is 9.90. The van der Waals surface area contributed by atoms with Crippen LogP contribution in [0.3, 0.4) is 0 Å². The first-order chi connectivity index (χ1) is 8.93. The molecule has 0 aromatic heterocycles. The molecule has 0 aliphatic carbocycles. The zero-order valence-electron chi connectivity index (χ0n) is 11.2. The van der Waals surface area contributed by atoms with Crippen molar-refractivity contribution in [2.45, 2.75) is 33.1 Å². The third kappa shape index (κ3) is 2.93. The molecule has 0 spiro atoms. The van der Waals surface area contributed by atoms with Gasteiger partial charge in [0.05, 0.1) is 11.5 Å². The Morgan fingerprint density at radius 1 is 1.42 bits per heavy atom. The average Bonchev–Trinajstić information content (AvgIpc) is 2.37. The second kappa shape index (κ2) is 5.00. The summed E-state index contributed by atoms with van der Waals surface area (Å²) in [6.45, 7) is 4.14. The summed E-state index contributed by atoms with van der Waals surface area (Å²) < 4.78 is 13.3. The first-order valence-corrected chi connectivity index (χ1v) is 6.43. The number of amides is 1. The van der Waals surface area contributed by atoms with Gasteiger partial charge in [-0.15, -0.1) is 0 Å². The van der Waals surface area contributed by atoms with E-state index >= 15 is 0 Å². The molecular weight excluding hydrogens is 243 g/mol. The number of fused-ring (bicyclic) bond motifs is 1. The van der Waals surface area contributed by atoms with Gasteiger partial charge in [0.25, 0.3) is 0 Å². The highest BCUT2D eigenvalue weighted by atomic mass is 19.1. The highest BCUT2D eigenvalue weighted by molar-refractivity contribution is 5.96. The molecule has 0 saturated heterocycles. The Hall–Kier alpha value is -1.89. The number of carbonyl (C=O) groups excluding carboxylic acids is 1. The smallest absolute Gasteiger partial charge is 0.227 e. The van der Waals surface area contributed by atoms with E-state index < -0.39 is 5.41 Å². The van der Waals surface area contributed by atoms with Crippen LogP contribution in [0.15, 0.2) is 18.2 Å². The van der Waals surface area contributed by atoms with Crippen LogP contribution in [0.5, 0.6) is 0 Å². The lowest BCUT2D eigenvalue weighted by Gasteiger charge is -2.31. The molecule has 0 atom stereocenters. The Morgan fingerprint density at radius 3 is 2.84 bits per heavy atom. The molecule has 2 rings (SSSR count). The van der Waals surface area contributed by atoms with E-state index in [1.807, 2.05) is 13.8 Å². The molecule has 1 aromatic rings. The number of benzene rings is 1. The van der Waals surface area contributed by atoms with Gasteiger partial charge < -0.3 is 4.90 Å². The third-order valence-corrected chi connectivity index (χ3v) is 3.51. The fraction of sp³-hybridized carbons (Fsp3) is 0.467. The molecule has 0 radical (unpaired) electrons. The molecular formula is C15H17FN2O. The van der Waals surface area contributed by atoms with E-state index in [1.54, 1.807) is 11.0 Å². The highest BCUT2D eigenvalue weighted by Gasteiger charge is 2.27. The van der Waals surface area contributed by atoms with Gasteiger partial charge in [-0.25, -0.2) is 4.39 Å². The lowest BCUT2D eigenvalue weighted by molar-refractivity contribution is -0.118. The number of anilines is 1. The number of halogens is 1. The summed E-state index contributed by atoms with van der Waals surface area (Å²) in [6.07, 6.45) is 1.68. The molecule has 1 amide bonds. The first kappa shape index (κ1) is 13.5. The summed E-state index contributed by atoms with van der Waals surface area (Å²) in [5, 5.41) is 9.02. The maximum atomic E-state index is 13.3. The van der Waals surface area contributed by atoms with Crippen molar-refractivity contribution in [3.8, 4) is 6.07 Å². The second-order valence-corrected chi connectivity index (χ2v) is 5.56. The fourth-order valence-corrected chi connectivity index (χ4v) is 2.20. The Bertz CT molecular complexity index is 546. The van der Waals surface area contributed by atoms with Crippen LogP contribution < -0.4 is 4.90 Å². The summed E-state index contributed by atoms with van der Waals surface area (Å²) in [6, 6.07) is 6.79. The van der Waals surface area contributed by atoms with Crippen LogP contribution in [0, 0.1) is 22.6 Å². The monoisotopic (exact) mass is 260 g/mol. The third-order valence-electron chi connectivity index (χ3n) is 3.51. The standard InChI is InChI=1S/C15H17FN2O/c1-15(2,10-17)7-8-18-13-9-12(16)5-3-11(13)4-6-14(18)19/h3,5,9H,4,6-8H2,1-2H3. The Kier molecular flexibility index (Phi) is 3.57. The van der Waals surface area contributed by atoms with Crippen LogP contribution in [-0.4, -0.2) is 12.5 Å². The molecule has 0 bridgehead atoms. The number of carbonyl (C=O) groups is 1. The van der Waals surface area contributed by atoms with Gasteiger partial charge in [0.2, 0.25) is 5.91 Å². The summed E-state index contributed by atoms with van der Waals surface area (Å²) in [4.78, 5) is 13.6. The van der Waals surface area contributed by atoms with Gasteiger partial charge in [-0.05, 0) is 44.4 Å². The topological polar surface area (TPSA) is 44.1 Å². The predicted octanol–water partition coefficient (Wildman–Crippen LogP) is 3.04. The molecule has 4 heteroatoms. The number of hydrogen-bond donors (Lipinski definition) is 0. The van der Waals surface area contributed by atoms with Crippen molar-refractivity contribution >= 4 is 11.6 Å². The zero-order valence-corrected chi connectivity index (χ0v) is 11.2. The van der Waals surface area contributed by atoms with E-state index in [2.05, 4.69) is 6.07 Å². The van der Waals surface area contributed by atoms with Crippen molar-refractivity contribution in [2.75, 3.05) is 11.4 Å². The van der Waals surface area contributed by atoms with Crippen LogP contribution in [0.1, 0.15) is 32.3 Å². The van der Waals surface area contributed by atoms with Gasteiger partial charge >= 0.3 is 0 Å². The molecule has 0 N–H and O–H groups in total. The number of hydrogen-bond acceptors (Lipinski definition) is 2. The van der Waals surface area contributed by atoms with Crippen molar-refractivity contribution in [2.24, 2.45) is 5.41 Å². The van der Waals surface area contributed by atoms with Crippen LogP contribution >= 0.6 is 0 Å².